The van der Waals surface area contributed by atoms with Crippen molar-refractivity contribution in [3.05, 3.63) is 40.2 Å². The van der Waals surface area contributed by atoms with Crippen LogP contribution in [0.25, 0.3) is 11.2 Å². The highest BCUT2D eigenvalue weighted by Crippen LogP contribution is 2.34. The van der Waals surface area contributed by atoms with Crippen molar-refractivity contribution in [2.75, 3.05) is 18.0 Å². The number of rotatable bonds is 3. The molecule has 0 N–H and O–H groups in total. The molecular weight excluding hydrogens is 424 g/mol. The summed E-state index contributed by atoms with van der Waals surface area (Å²) >= 11 is 6.01. The molecule has 1 aliphatic heterocycles. The van der Waals surface area contributed by atoms with E-state index < -0.39 is 29.5 Å². The molecule has 0 bridgehead atoms. The predicted molar refractivity (Wildman–Crippen MR) is 104 cm³/mol. The summed E-state index contributed by atoms with van der Waals surface area (Å²) in [5.74, 6) is -4.18. The van der Waals surface area contributed by atoms with Gasteiger partial charge in [-0.25, -0.2) is 27.5 Å². The van der Waals surface area contributed by atoms with Crippen LogP contribution in [0.2, 0.25) is 5.02 Å². The van der Waals surface area contributed by atoms with Crippen LogP contribution >= 0.6 is 11.6 Å². The molecule has 4 rings (SSSR count). The number of alkyl halides is 2. The van der Waals surface area contributed by atoms with Gasteiger partial charge in [0.15, 0.2) is 23.0 Å². The first-order valence-corrected chi connectivity index (χ1v) is 9.70. The van der Waals surface area contributed by atoms with Gasteiger partial charge in [0.1, 0.15) is 5.82 Å². The van der Waals surface area contributed by atoms with E-state index in [0.29, 0.717) is 5.82 Å². The molecule has 1 saturated heterocycles. The van der Waals surface area contributed by atoms with E-state index in [1.54, 1.807) is 0 Å². The number of nitrogens with zero attached hydrogens (tertiary/aromatic N) is 6. The maximum absolute atomic E-state index is 13.8. The molecule has 0 amide bonds. The smallest absolute Gasteiger partial charge is 0.266 e. The van der Waals surface area contributed by atoms with E-state index in [1.807, 2.05) is 20.8 Å². The van der Waals surface area contributed by atoms with Gasteiger partial charge in [-0.2, -0.15) is 4.80 Å². The third-order valence-electron chi connectivity index (χ3n) is 4.81. The summed E-state index contributed by atoms with van der Waals surface area (Å²) in [4.78, 5) is 11.7. The maximum Gasteiger partial charge on any atom is 0.266 e. The molecule has 0 aliphatic carbocycles. The Labute approximate surface area is 174 Å². The van der Waals surface area contributed by atoms with Crippen LogP contribution in [0.1, 0.15) is 38.6 Å². The predicted octanol–water partition coefficient (Wildman–Crippen LogP) is 4.34. The second kappa shape index (κ2) is 7.04. The molecule has 1 aromatic carbocycles. The Hall–Kier alpha value is -2.49. The van der Waals surface area contributed by atoms with Crippen molar-refractivity contribution < 1.29 is 17.6 Å². The number of hydrogen-bond acceptors (Lipinski definition) is 5. The zero-order chi connectivity index (χ0) is 21.8. The molecule has 3 heterocycles. The molecular formula is C19H19ClF4N6. The van der Waals surface area contributed by atoms with E-state index in [0.717, 1.165) is 12.1 Å². The normalized spacial score (nSPS) is 16.6. The monoisotopic (exact) mass is 442 g/mol. The van der Waals surface area contributed by atoms with Gasteiger partial charge in [0.05, 0.1) is 13.1 Å². The van der Waals surface area contributed by atoms with E-state index in [2.05, 4.69) is 20.2 Å². The Morgan fingerprint density at radius 3 is 2.43 bits per heavy atom. The summed E-state index contributed by atoms with van der Waals surface area (Å²) in [5, 5.41) is 8.67. The van der Waals surface area contributed by atoms with Crippen LogP contribution in [0.5, 0.6) is 0 Å². The van der Waals surface area contributed by atoms with Crippen LogP contribution < -0.4 is 4.90 Å². The molecule has 0 atom stereocenters. The summed E-state index contributed by atoms with van der Waals surface area (Å²) in [6.45, 7) is 5.33. The summed E-state index contributed by atoms with van der Waals surface area (Å²) in [7, 11) is 0. The van der Waals surface area contributed by atoms with Gasteiger partial charge in [-0.1, -0.05) is 32.4 Å². The van der Waals surface area contributed by atoms with Crippen molar-refractivity contribution in [3.63, 3.8) is 0 Å². The van der Waals surface area contributed by atoms with Gasteiger partial charge >= 0.3 is 0 Å². The van der Waals surface area contributed by atoms with Gasteiger partial charge in [0, 0.05) is 23.4 Å². The van der Waals surface area contributed by atoms with E-state index in [-0.39, 0.29) is 47.1 Å². The Bertz CT molecular complexity index is 1120. The van der Waals surface area contributed by atoms with Crippen LogP contribution in [-0.4, -0.2) is 44.0 Å². The van der Waals surface area contributed by atoms with Gasteiger partial charge in [-0.3, -0.25) is 0 Å². The first-order valence-electron chi connectivity index (χ1n) is 9.32. The Morgan fingerprint density at radius 1 is 1.10 bits per heavy atom. The minimum Gasteiger partial charge on any atom is -0.348 e. The first kappa shape index (κ1) is 20.8. The highest BCUT2D eigenvalue weighted by Gasteiger charge is 2.40. The zero-order valence-electron chi connectivity index (χ0n) is 16.6. The molecule has 3 aromatic rings. The standard InChI is InChI=1S/C19H19ClF4N6/c1-18(2,3)17-25-15-14(16(26-17)29-5-4-19(23,24)9-29)27-30(28-15)8-10-6-12(21)13(22)7-11(10)20/h6-7H,4-5,8-9H2,1-3H3. The lowest BCUT2D eigenvalue weighted by Crippen LogP contribution is -2.27. The van der Waals surface area contributed by atoms with E-state index in [9.17, 15) is 17.6 Å². The number of anilines is 1. The Balaban J connectivity index is 1.79. The third-order valence-corrected chi connectivity index (χ3v) is 5.17. The number of hydrogen-bond donors (Lipinski definition) is 0. The minimum absolute atomic E-state index is 0.0242. The van der Waals surface area contributed by atoms with Gasteiger partial charge in [-0.05, 0) is 17.7 Å². The molecule has 1 fully saturated rings. The number of fused-ring (bicyclic) bond motifs is 1. The SMILES string of the molecule is CC(C)(C)c1nc(N2CCC(F)(F)C2)c2nn(Cc3cc(F)c(F)cc3Cl)nc2n1. The van der Waals surface area contributed by atoms with E-state index in [1.165, 1.54) is 9.70 Å². The van der Waals surface area contributed by atoms with Crippen LogP contribution in [0.4, 0.5) is 23.4 Å². The first-order chi connectivity index (χ1) is 13.9. The summed E-state index contributed by atoms with van der Waals surface area (Å²) in [6, 6.07) is 1.85. The Morgan fingerprint density at radius 2 is 1.80 bits per heavy atom. The van der Waals surface area contributed by atoms with Crippen LogP contribution in [0.3, 0.4) is 0 Å². The quantitative estimate of drug-likeness (QED) is 0.446. The fourth-order valence-corrected chi connectivity index (χ4v) is 3.43. The summed E-state index contributed by atoms with van der Waals surface area (Å²) in [6.07, 6.45) is -0.276. The van der Waals surface area contributed by atoms with Crippen molar-refractivity contribution in [3.8, 4) is 0 Å². The molecule has 0 saturated carbocycles. The Kier molecular flexibility index (Phi) is 4.87. The molecule has 11 heteroatoms. The molecule has 0 unspecified atom stereocenters. The number of halogens is 5. The van der Waals surface area contributed by atoms with Gasteiger partial charge in [0.25, 0.3) is 5.92 Å². The van der Waals surface area contributed by atoms with Gasteiger partial charge < -0.3 is 4.90 Å². The van der Waals surface area contributed by atoms with Crippen molar-refractivity contribution >= 4 is 28.6 Å². The number of benzene rings is 1. The lowest BCUT2D eigenvalue weighted by molar-refractivity contribution is 0.0257. The van der Waals surface area contributed by atoms with Crippen LogP contribution in [-0.2, 0) is 12.0 Å². The van der Waals surface area contributed by atoms with Crippen molar-refractivity contribution in [1.29, 1.82) is 0 Å². The van der Waals surface area contributed by atoms with Crippen LogP contribution in [0.15, 0.2) is 12.1 Å². The highest BCUT2D eigenvalue weighted by atomic mass is 35.5. The fraction of sp³-hybridized carbons (Fsp3) is 0.474. The average molecular weight is 443 g/mol. The zero-order valence-corrected chi connectivity index (χ0v) is 17.3. The van der Waals surface area contributed by atoms with E-state index in [4.69, 9.17) is 11.6 Å². The second-order valence-electron chi connectivity index (χ2n) is 8.41. The molecule has 160 valence electrons. The highest BCUT2D eigenvalue weighted by molar-refractivity contribution is 6.31. The molecule has 30 heavy (non-hydrogen) atoms. The largest absolute Gasteiger partial charge is 0.348 e. The lowest BCUT2D eigenvalue weighted by Gasteiger charge is -2.21. The molecule has 0 spiro atoms. The number of aromatic nitrogens is 5. The third kappa shape index (κ3) is 3.92. The van der Waals surface area contributed by atoms with Gasteiger partial charge in [-0.15, -0.1) is 10.2 Å². The van der Waals surface area contributed by atoms with Gasteiger partial charge in [0.2, 0.25) is 5.65 Å². The molecule has 6 nitrogen and oxygen atoms in total. The summed E-state index contributed by atoms with van der Waals surface area (Å²) < 4.78 is 54.6. The van der Waals surface area contributed by atoms with E-state index >= 15 is 0 Å². The fourth-order valence-electron chi connectivity index (χ4n) is 3.22. The summed E-state index contributed by atoms with van der Waals surface area (Å²) in [5.41, 5.74) is 0.325. The van der Waals surface area contributed by atoms with Crippen LogP contribution in [0, 0.1) is 11.6 Å². The maximum atomic E-state index is 13.8. The molecule has 1 aliphatic rings. The average Bonchev–Trinajstić information content (AvgIpc) is 3.20. The van der Waals surface area contributed by atoms with Crippen molar-refractivity contribution in [1.82, 2.24) is 25.0 Å². The minimum atomic E-state index is -2.81. The second-order valence-corrected chi connectivity index (χ2v) is 8.82. The van der Waals surface area contributed by atoms with Crippen molar-refractivity contribution in [2.45, 2.75) is 45.1 Å². The lowest BCUT2D eigenvalue weighted by atomic mass is 9.96. The van der Waals surface area contributed by atoms with Crippen molar-refractivity contribution in [2.24, 2.45) is 0 Å². The molecule has 0 radical (unpaired) electrons. The topological polar surface area (TPSA) is 59.7 Å². The molecule has 2 aromatic heterocycles.